The maximum absolute atomic E-state index is 13.5. The van der Waals surface area contributed by atoms with Crippen LogP contribution in [0.2, 0.25) is 0 Å². The molecule has 170 valence electrons. The maximum Gasteiger partial charge on any atom is 0.278 e. The third-order valence-corrected chi connectivity index (χ3v) is 6.93. The van der Waals surface area contributed by atoms with Gasteiger partial charge in [0.25, 0.3) is 11.1 Å². The number of thioether (sulfide) groups is 1. The van der Waals surface area contributed by atoms with Crippen molar-refractivity contribution in [3.63, 3.8) is 0 Å². The highest BCUT2D eigenvalue weighted by Gasteiger charge is 2.15. The van der Waals surface area contributed by atoms with Crippen LogP contribution in [0.5, 0.6) is 0 Å². The Bertz CT molecular complexity index is 1610. The van der Waals surface area contributed by atoms with E-state index >= 15 is 0 Å². The summed E-state index contributed by atoms with van der Waals surface area (Å²) in [6.07, 6.45) is 1.04. The average Bonchev–Trinajstić information content (AvgIpc) is 2.88. The minimum Gasteiger partial charge on any atom is -0.268 e. The standard InChI is InChI=1S/C26H23N5O2S/c1-3-17(2)18-12-14-19(15-13-18)31-25(33)20-8-4-6-10-22(20)27-26(31)34-16-30-24(32)21-9-5-7-11-23(21)28-29-30/h4-15,17H,3,16H2,1-2H3/t17-/m1/s1. The monoisotopic (exact) mass is 469 g/mol. The molecule has 0 saturated heterocycles. The minimum absolute atomic E-state index is 0.152. The molecule has 1 atom stereocenters. The van der Waals surface area contributed by atoms with Gasteiger partial charge in [0.05, 0.1) is 27.9 Å². The van der Waals surface area contributed by atoms with E-state index in [0.29, 0.717) is 32.9 Å². The number of aromatic nitrogens is 5. The van der Waals surface area contributed by atoms with Crippen LogP contribution in [-0.2, 0) is 5.88 Å². The lowest BCUT2D eigenvalue weighted by atomic mass is 9.98. The van der Waals surface area contributed by atoms with Gasteiger partial charge in [-0.2, -0.15) is 4.68 Å². The Kier molecular flexibility index (Phi) is 5.98. The van der Waals surface area contributed by atoms with Gasteiger partial charge in [0.15, 0.2) is 5.16 Å². The molecule has 0 bridgehead atoms. The summed E-state index contributed by atoms with van der Waals surface area (Å²) in [6, 6.07) is 22.4. The lowest BCUT2D eigenvalue weighted by Crippen LogP contribution is -2.25. The van der Waals surface area contributed by atoms with Gasteiger partial charge in [0, 0.05) is 0 Å². The summed E-state index contributed by atoms with van der Waals surface area (Å²) in [5.74, 6) is 0.611. The first-order valence-electron chi connectivity index (χ1n) is 11.1. The molecule has 0 fully saturated rings. The molecule has 7 nitrogen and oxygen atoms in total. The second-order valence-electron chi connectivity index (χ2n) is 8.14. The molecule has 2 heterocycles. The molecule has 3 aromatic carbocycles. The van der Waals surface area contributed by atoms with Crippen molar-refractivity contribution in [2.75, 3.05) is 0 Å². The molecule has 0 aliphatic carbocycles. The highest BCUT2D eigenvalue weighted by atomic mass is 32.2. The zero-order valence-corrected chi connectivity index (χ0v) is 19.7. The lowest BCUT2D eigenvalue weighted by Gasteiger charge is -2.15. The van der Waals surface area contributed by atoms with E-state index in [2.05, 4.69) is 36.3 Å². The van der Waals surface area contributed by atoms with Crippen molar-refractivity contribution in [3.8, 4) is 5.69 Å². The third kappa shape index (κ3) is 4.01. The quantitative estimate of drug-likeness (QED) is 0.264. The highest BCUT2D eigenvalue weighted by molar-refractivity contribution is 7.98. The number of hydrogen-bond acceptors (Lipinski definition) is 6. The van der Waals surface area contributed by atoms with Crippen molar-refractivity contribution >= 4 is 33.6 Å². The van der Waals surface area contributed by atoms with Gasteiger partial charge in [-0.05, 0) is 54.3 Å². The number of fused-ring (bicyclic) bond motifs is 2. The molecule has 0 spiro atoms. The van der Waals surface area contributed by atoms with Crippen LogP contribution in [-0.4, -0.2) is 24.5 Å². The molecule has 0 unspecified atom stereocenters. The number of nitrogens with zero attached hydrogens (tertiary/aromatic N) is 5. The Hall–Kier alpha value is -3.78. The van der Waals surface area contributed by atoms with Crippen LogP contribution in [0, 0.1) is 0 Å². The van der Waals surface area contributed by atoms with E-state index in [0.717, 1.165) is 12.1 Å². The molecule has 8 heteroatoms. The number of hydrogen-bond donors (Lipinski definition) is 0. The molecule has 0 amide bonds. The predicted octanol–water partition coefficient (Wildman–Crippen LogP) is 4.75. The van der Waals surface area contributed by atoms with Crippen LogP contribution in [0.1, 0.15) is 31.7 Å². The Balaban J connectivity index is 1.58. The van der Waals surface area contributed by atoms with Crippen LogP contribution in [0.4, 0.5) is 0 Å². The van der Waals surface area contributed by atoms with Crippen molar-refractivity contribution in [1.82, 2.24) is 24.5 Å². The largest absolute Gasteiger partial charge is 0.278 e. The lowest BCUT2D eigenvalue weighted by molar-refractivity contribution is 0.642. The molecular formula is C26H23N5O2S. The number of rotatable bonds is 6. The van der Waals surface area contributed by atoms with Crippen LogP contribution in [0.3, 0.4) is 0 Å². The van der Waals surface area contributed by atoms with Gasteiger partial charge in [0.2, 0.25) is 0 Å². The summed E-state index contributed by atoms with van der Waals surface area (Å²) in [6.45, 7) is 4.34. The maximum atomic E-state index is 13.5. The summed E-state index contributed by atoms with van der Waals surface area (Å²) in [5, 5.41) is 9.75. The molecular weight excluding hydrogens is 446 g/mol. The fourth-order valence-electron chi connectivity index (χ4n) is 3.85. The molecule has 2 aromatic heterocycles. The Morgan fingerprint density at radius 3 is 2.21 bits per heavy atom. The second-order valence-corrected chi connectivity index (χ2v) is 9.05. The van der Waals surface area contributed by atoms with E-state index in [9.17, 15) is 9.59 Å². The SMILES string of the molecule is CC[C@@H](C)c1ccc(-n2c(SCn3nnc4ccccc4c3=O)nc3ccccc3c2=O)cc1. The summed E-state index contributed by atoms with van der Waals surface area (Å²) in [7, 11) is 0. The van der Waals surface area contributed by atoms with E-state index in [1.165, 1.54) is 22.0 Å². The van der Waals surface area contributed by atoms with Crippen LogP contribution in [0.25, 0.3) is 27.5 Å². The third-order valence-electron chi connectivity index (χ3n) is 6.02. The van der Waals surface area contributed by atoms with Crippen molar-refractivity contribution in [3.05, 3.63) is 99.1 Å². The van der Waals surface area contributed by atoms with Crippen molar-refractivity contribution in [1.29, 1.82) is 0 Å². The van der Waals surface area contributed by atoms with Crippen LogP contribution in [0.15, 0.2) is 87.5 Å². The molecule has 0 N–H and O–H groups in total. The summed E-state index contributed by atoms with van der Waals surface area (Å²) >= 11 is 1.27. The fourth-order valence-corrected chi connectivity index (χ4v) is 4.74. The molecule has 0 radical (unpaired) electrons. The second kappa shape index (κ2) is 9.23. The van der Waals surface area contributed by atoms with Gasteiger partial charge in [-0.25, -0.2) is 4.98 Å². The first kappa shape index (κ1) is 22.0. The van der Waals surface area contributed by atoms with Gasteiger partial charge in [-0.15, -0.1) is 5.10 Å². The molecule has 5 rings (SSSR count). The Morgan fingerprint density at radius 1 is 0.853 bits per heavy atom. The first-order valence-corrected chi connectivity index (χ1v) is 12.1. The zero-order chi connectivity index (χ0) is 23.7. The van der Waals surface area contributed by atoms with E-state index in [1.807, 2.05) is 36.4 Å². The molecule has 0 aliphatic rings. The zero-order valence-electron chi connectivity index (χ0n) is 18.9. The van der Waals surface area contributed by atoms with Gasteiger partial charge >= 0.3 is 0 Å². The molecule has 34 heavy (non-hydrogen) atoms. The van der Waals surface area contributed by atoms with E-state index in [-0.39, 0.29) is 17.0 Å². The first-order chi connectivity index (χ1) is 16.6. The van der Waals surface area contributed by atoms with Crippen molar-refractivity contribution < 1.29 is 0 Å². The van der Waals surface area contributed by atoms with Gasteiger partial charge < -0.3 is 0 Å². The fraction of sp³-hybridized carbons (Fsp3) is 0.192. The normalized spacial score (nSPS) is 12.3. The molecule has 5 aromatic rings. The summed E-state index contributed by atoms with van der Waals surface area (Å²) < 4.78 is 2.90. The van der Waals surface area contributed by atoms with E-state index in [1.54, 1.807) is 28.8 Å². The predicted molar refractivity (Wildman–Crippen MR) is 136 cm³/mol. The van der Waals surface area contributed by atoms with Crippen molar-refractivity contribution in [2.45, 2.75) is 37.2 Å². The smallest absolute Gasteiger partial charge is 0.268 e. The van der Waals surface area contributed by atoms with Crippen molar-refractivity contribution in [2.24, 2.45) is 0 Å². The van der Waals surface area contributed by atoms with E-state index in [4.69, 9.17) is 4.98 Å². The summed E-state index contributed by atoms with van der Waals surface area (Å²) in [4.78, 5) is 31.1. The topological polar surface area (TPSA) is 82.7 Å². The number of benzene rings is 3. The minimum atomic E-state index is -0.231. The van der Waals surface area contributed by atoms with Crippen LogP contribution < -0.4 is 11.1 Å². The Labute approximate surface area is 200 Å². The van der Waals surface area contributed by atoms with Gasteiger partial charge in [-0.3, -0.25) is 14.2 Å². The van der Waals surface area contributed by atoms with Gasteiger partial charge in [0.1, 0.15) is 5.52 Å². The Morgan fingerprint density at radius 2 is 1.50 bits per heavy atom. The van der Waals surface area contributed by atoms with Gasteiger partial charge in [-0.1, -0.05) is 67.2 Å². The number of para-hydroxylation sites is 1. The average molecular weight is 470 g/mol. The van der Waals surface area contributed by atoms with Crippen LogP contribution >= 0.6 is 11.8 Å². The summed E-state index contributed by atoms with van der Waals surface area (Å²) in [5.41, 5.74) is 2.73. The molecule has 0 aliphatic heterocycles. The van der Waals surface area contributed by atoms with E-state index < -0.39 is 0 Å². The highest BCUT2D eigenvalue weighted by Crippen LogP contribution is 2.24. The molecule has 0 saturated carbocycles.